The average molecular weight is 298 g/mol. The minimum absolute atomic E-state index is 0.149. The largest absolute Gasteiger partial charge is 0.333 e. The molecule has 1 aromatic rings. The van der Waals surface area contributed by atoms with Gasteiger partial charge in [0.15, 0.2) is 0 Å². The van der Waals surface area contributed by atoms with Gasteiger partial charge in [0, 0.05) is 37.9 Å². The van der Waals surface area contributed by atoms with Crippen molar-refractivity contribution >= 4 is 10.0 Å². The zero-order valence-corrected chi connectivity index (χ0v) is 12.9. The van der Waals surface area contributed by atoms with Crippen LogP contribution in [0.2, 0.25) is 0 Å². The van der Waals surface area contributed by atoms with E-state index in [0.29, 0.717) is 19.0 Å². The highest BCUT2D eigenvalue weighted by molar-refractivity contribution is 7.90. The van der Waals surface area contributed by atoms with Gasteiger partial charge in [-0.2, -0.15) is 4.31 Å². The topological polar surface area (TPSA) is 58.4 Å². The third kappa shape index (κ3) is 2.75. The van der Waals surface area contributed by atoms with Gasteiger partial charge in [-0.1, -0.05) is 0 Å². The van der Waals surface area contributed by atoms with Crippen LogP contribution < -0.4 is 0 Å². The van der Waals surface area contributed by atoms with E-state index in [1.807, 2.05) is 20.3 Å². The van der Waals surface area contributed by atoms with Crippen LogP contribution in [0.15, 0.2) is 12.4 Å². The Kier molecular flexibility index (Phi) is 3.60. The maximum atomic E-state index is 12.5. The highest BCUT2D eigenvalue weighted by atomic mass is 32.2. The maximum Gasteiger partial charge on any atom is 0.217 e. The Morgan fingerprint density at radius 3 is 2.75 bits per heavy atom. The maximum absolute atomic E-state index is 12.5. The molecule has 1 fully saturated rings. The second-order valence-corrected chi connectivity index (χ2v) is 8.37. The van der Waals surface area contributed by atoms with Crippen molar-refractivity contribution in [2.75, 3.05) is 27.2 Å². The lowest BCUT2D eigenvalue weighted by atomic mass is 10.1. The number of fused-ring (bicyclic) bond motifs is 1. The van der Waals surface area contributed by atoms with E-state index in [9.17, 15) is 8.42 Å². The van der Waals surface area contributed by atoms with E-state index in [0.717, 1.165) is 31.8 Å². The van der Waals surface area contributed by atoms with Gasteiger partial charge in [-0.3, -0.25) is 0 Å². The van der Waals surface area contributed by atoms with Crippen LogP contribution in [0.4, 0.5) is 0 Å². The second kappa shape index (κ2) is 5.13. The second-order valence-electron chi connectivity index (χ2n) is 6.16. The van der Waals surface area contributed by atoms with E-state index in [1.165, 1.54) is 0 Å². The number of aromatic nitrogens is 2. The first-order valence-electron chi connectivity index (χ1n) is 7.10. The quantitative estimate of drug-likeness (QED) is 0.806. The Morgan fingerprint density at radius 1 is 1.35 bits per heavy atom. The molecule has 1 unspecified atom stereocenters. The molecule has 1 aliphatic heterocycles. The lowest BCUT2D eigenvalue weighted by Crippen LogP contribution is -2.38. The van der Waals surface area contributed by atoms with Crippen molar-refractivity contribution in [2.24, 2.45) is 5.92 Å². The van der Waals surface area contributed by atoms with Crippen LogP contribution in [0.25, 0.3) is 0 Å². The Bertz CT molecular complexity index is 577. The van der Waals surface area contributed by atoms with Crippen molar-refractivity contribution in [1.82, 2.24) is 18.8 Å². The molecule has 112 valence electrons. The molecule has 1 atom stereocenters. The van der Waals surface area contributed by atoms with Crippen molar-refractivity contribution in [1.29, 1.82) is 0 Å². The van der Waals surface area contributed by atoms with E-state index in [4.69, 9.17) is 0 Å². The highest BCUT2D eigenvalue weighted by Crippen LogP contribution is 2.33. The molecule has 0 radical (unpaired) electrons. The van der Waals surface area contributed by atoms with Crippen LogP contribution in [0, 0.1) is 5.92 Å². The SMILES string of the molecule is CN(C)CC1CN(S(=O)(=O)C2CC2)Cc2nccn2C1. The molecule has 2 heterocycles. The zero-order chi connectivity index (χ0) is 14.3. The van der Waals surface area contributed by atoms with Crippen LogP contribution in [0.5, 0.6) is 0 Å². The Balaban J connectivity index is 1.87. The summed E-state index contributed by atoms with van der Waals surface area (Å²) in [4.78, 5) is 6.44. The Morgan fingerprint density at radius 2 is 2.10 bits per heavy atom. The van der Waals surface area contributed by atoms with E-state index < -0.39 is 10.0 Å². The monoisotopic (exact) mass is 298 g/mol. The van der Waals surface area contributed by atoms with Crippen LogP contribution in [-0.2, 0) is 23.1 Å². The molecular weight excluding hydrogens is 276 g/mol. The molecule has 0 amide bonds. The molecule has 7 heteroatoms. The summed E-state index contributed by atoms with van der Waals surface area (Å²) in [6, 6.07) is 0. The minimum Gasteiger partial charge on any atom is -0.333 e. The number of hydrogen-bond acceptors (Lipinski definition) is 4. The summed E-state index contributed by atoms with van der Waals surface area (Å²) < 4.78 is 28.8. The first-order valence-corrected chi connectivity index (χ1v) is 8.61. The molecule has 1 aliphatic carbocycles. The van der Waals surface area contributed by atoms with Gasteiger partial charge in [0.25, 0.3) is 0 Å². The van der Waals surface area contributed by atoms with Gasteiger partial charge in [0.1, 0.15) is 5.82 Å². The predicted molar refractivity (Wildman–Crippen MR) is 76.6 cm³/mol. The van der Waals surface area contributed by atoms with Gasteiger partial charge in [-0.05, 0) is 26.9 Å². The van der Waals surface area contributed by atoms with Crippen LogP contribution in [0.1, 0.15) is 18.7 Å². The van der Waals surface area contributed by atoms with Crippen molar-refractivity contribution in [3.63, 3.8) is 0 Å². The number of imidazole rings is 1. The molecule has 0 bridgehead atoms. The average Bonchev–Trinajstić information content (AvgIpc) is 3.14. The number of sulfonamides is 1. The lowest BCUT2D eigenvalue weighted by molar-refractivity contribution is 0.264. The van der Waals surface area contributed by atoms with Crippen LogP contribution in [-0.4, -0.2) is 59.6 Å². The Labute approximate surface area is 120 Å². The molecular formula is C13H22N4O2S. The number of nitrogens with zero attached hydrogens (tertiary/aromatic N) is 4. The third-order valence-electron chi connectivity index (χ3n) is 3.97. The van der Waals surface area contributed by atoms with E-state index in [1.54, 1.807) is 10.5 Å². The highest BCUT2D eigenvalue weighted by Gasteiger charge is 2.41. The molecule has 0 spiro atoms. The fourth-order valence-corrected chi connectivity index (χ4v) is 4.77. The minimum atomic E-state index is -3.14. The lowest BCUT2D eigenvalue weighted by Gasteiger charge is -2.25. The standard InChI is InChI=1S/C13H22N4O2S/c1-15(2)7-11-8-16-6-5-14-13(16)10-17(9-11)20(18,19)12-3-4-12/h5-6,11-12H,3-4,7-10H2,1-2H3. The molecule has 1 saturated carbocycles. The van der Waals surface area contributed by atoms with E-state index in [2.05, 4.69) is 14.5 Å². The van der Waals surface area contributed by atoms with E-state index in [-0.39, 0.29) is 5.25 Å². The Hall–Kier alpha value is -0.920. The van der Waals surface area contributed by atoms with Gasteiger partial charge in [-0.15, -0.1) is 0 Å². The van der Waals surface area contributed by atoms with Crippen LogP contribution in [0.3, 0.4) is 0 Å². The summed E-state index contributed by atoms with van der Waals surface area (Å²) in [6.07, 6.45) is 5.33. The van der Waals surface area contributed by atoms with Gasteiger partial charge < -0.3 is 9.47 Å². The molecule has 20 heavy (non-hydrogen) atoms. The molecule has 2 aliphatic rings. The first-order chi connectivity index (χ1) is 9.46. The molecule has 6 nitrogen and oxygen atoms in total. The third-order valence-corrected chi connectivity index (χ3v) is 6.28. The van der Waals surface area contributed by atoms with Crippen LogP contribution >= 0.6 is 0 Å². The van der Waals surface area contributed by atoms with Gasteiger partial charge in [-0.25, -0.2) is 13.4 Å². The van der Waals surface area contributed by atoms with Gasteiger partial charge in [0.2, 0.25) is 10.0 Å². The van der Waals surface area contributed by atoms with Crippen molar-refractivity contribution in [3.8, 4) is 0 Å². The van der Waals surface area contributed by atoms with E-state index >= 15 is 0 Å². The summed E-state index contributed by atoms with van der Waals surface area (Å²) in [6.45, 7) is 2.73. The predicted octanol–water partition coefficient (Wildman–Crippen LogP) is 0.369. The summed E-state index contributed by atoms with van der Waals surface area (Å²) >= 11 is 0. The number of hydrogen-bond donors (Lipinski definition) is 0. The fourth-order valence-electron chi connectivity index (χ4n) is 2.91. The first kappa shape index (κ1) is 14.0. The van der Waals surface area contributed by atoms with Crippen molar-refractivity contribution < 1.29 is 8.42 Å². The molecule has 0 aromatic carbocycles. The fraction of sp³-hybridized carbons (Fsp3) is 0.769. The van der Waals surface area contributed by atoms with Crippen molar-refractivity contribution in [2.45, 2.75) is 31.2 Å². The summed E-state index contributed by atoms with van der Waals surface area (Å²) in [5, 5.41) is -0.149. The molecule has 3 rings (SSSR count). The normalized spacial score (nSPS) is 24.6. The molecule has 0 saturated heterocycles. The van der Waals surface area contributed by atoms with Gasteiger partial charge in [0.05, 0.1) is 11.8 Å². The smallest absolute Gasteiger partial charge is 0.217 e. The summed E-state index contributed by atoms with van der Waals surface area (Å²) in [5.41, 5.74) is 0. The molecule has 1 aromatic heterocycles. The van der Waals surface area contributed by atoms with Gasteiger partial charge >= 0.3 is 0 Å². The van der Waals surface area contributed by atoms with Crippen molar-refractivity contribution in [3.05, 3.63) is 18.2 Å². The summed E-state index contributed by atoms with van der Waals surface area (Å²) in [7, 11) is 0.914. The zero-order valence-electron chi connectivity index (χ0n) is 12.1. The summed E-state index contributed by atoms with van der Waals surface area (Å²) in [5.74, 6) is 1.16. The molecule has 0 N–H and O–H groups in total. The number of rotatable bonds is 4.